The largest absolute Gasteiger partial charge is 0.301 e. The highest BCUT2D eigenvalue weighted by Gasteiger charge is 2.16. The van der Waals surface area contributed by atoms with Crippen molar-refractivity contribution >= 4 is 44.8 Å². The standard InChI is InChI=1S/C28H44N6O2S2/c35-23(17-9-15-21-11-3-1-4-12-21)29-27-33-31-25(37-27)19-7-8-20-26-32-34-28(38-26)30-24(36)18-10-16-22-13-5-2-6-14-22/h21-22H,1-20H2,(H,29,33,35)(H,30,34,36). The van der Waals surface area contributed by atoms with Crippen molar-refractivity contribution in [3.05, 3.63) is 10.0 Å². The highest BCUT2D eigenvalue weighted by molar-refractivity contribution is 7.15. The van der Waals surface area contributed by atoms with Crippen LogP contribution in [0.3, 0.4) is 0 Å². The van der Waals surface area contributed by atoms with Crippen LogP contribution < -0.4 is 10.6 Å². The summed E-state index contributed by atoms with van der Waals surface area (Å²) in [5, 5.41) is 25.7. The van der Waals surface area contributed by atoms with Crippen molar-refractivity contribution in [2.45, 2.75) is 128 Å². The van der Waals surface area contributed by atoms with E-state index < -0.39 is 0 Å². The van der Waals surface area contributed by atoms with Crippen molar-refractivity contribution in [2.24, 2.45) is 11.8 Å². The predicted molar refractivity (Wildman–Crippen MR) is 155 cm³/mol. The van der Waals surface area contributed by atoms with Crippen LogP contribution in [0.4, 0.5) is 10.3 Å². The number of aromatic nitrogens is 4. The third kappa shape index (κ3) is 10.7. The number of rotatable bonds is 15. The number of amides is 2. The summed E-state index contributed by atoms with van der Waals surface area (Å²) < 4.78 is 0. The third-order valence-electron chi connectivity index (χ3n) is 7.94. The maximum Gasteiger partial charge on any atom is 0.226 e. The van der Waals surface area contributed by atoms with Crippen LogP contribution in [0, 0.1) is 11.8 Å². The fourth-order valence-electron chi connectivity index (χ4n) is 5.78. The van der Waals surface area contributed by atoms with Gasteiger partial charge in [0.25, 0.3) is 0 Å². The molecular weight excluding hydrogens is 516 g/mol. The Bertz CT molecular complexity index is 903. The maximum atomic E-state index is 12.3. The Morgan fingerprint density at radius 3 is 1.45 bits per heavy atom. The minimum Gasteiger partial charge on any atom is -0.301 e. The van der Waals surface area contributed by atoms with E-state index >= 15 is 0 Å². The number of nitrogens with zero attached hydrogens (tertiary/aromatic N) is 4. The van der Waals surface area contributed by atoms with Gasteiger partial charge in [-0.25, -0.2) is 0 Å². The molecule has 0 radical (unpaired) electrons. The number of carbonyl (C=O) groups is 2. The van der Waals surface area contributed by atoms with Gasteiger partial charge in [0.15, 0.2) is 0 Å². The summed E-state index contributed by atoms with van der Waals surface area (Å²) in [6.45, 7) is 0. The molecule has 2 heterocycles. The van der Waals surface area contributed by atoms with Crippen LogP contribution in [0.25, 0.3) is 0 Å². The Morgan fingerprint density at radius 1 is 0.605 bits per heavy atom. The maximum absolute atomic E-state index is 12.3. The molecule has 0 unspecified atom stereocenters. The molecule has 8 nitrogen and oxygen atoms in total. The summed E-state index contributed by atoms with van der Waals surface area (Å²) in [7, 11) is 0. The van der Waals surface area contributed by atoms with E-state index in [1.165, 1.54) is 86.9 Å². The smallest absolute Gasteiger partial charge is 0.226 e. The minimum atomic E-state index is 0.0481. The summed E-state index contributed by atoms with van der Waals surface area (Å²) >= 11 is 2.94. The molecule has 0 spiro atoms. The normalized spacial score (nSPS) is 16.9. The molecule has 2 aromatic heterocycles. The van der Waals surface area contributed by atoms with E-state index in [-0.39, 0.29) is 11.8 Å². The molecule has 2 amide bonds. The Morgan fingerprint density at radius 2 is 1.03 bits per heavy atom. The Labute approximate surface area is 235 Å². The van der Waals surface area contributed by atoms with Gasteiger partial charge in [0.2, 0.25) is 22.1 Å². The fraction of sp³-hybridized carbons (Fsp3) is 0.786. The molecule has 2 aliphatic carbocycles. The summed E-state index contributed by atoms with van der Waals surface area (Å²) in [6, 6.07) is 0. The van der Waals surface area contributed by atoms with Crippen molar-refractivity contribution in [3.63, 3.8) is 0 Å². The van der Waals surface area contributed by atoms with Crippen molar-refractivity contribution < 1.29 is 9.59 Å². The highest BCUT2D eigenvalue weighted by Crippen LogP contribution is 2.29. The van der Waals surface area contributed by atoms with Crippen LogP contribution in [0.2, 0.25) is 0 Å². The number of nitrogens with one attached hydrogen (secondary N) is 2. The molecule has 0 saturated heterocycles. The zero-order valence-electron chi connectivity index (χ0n) is 22.7. The predicted octanol–water partition coefficient (Wildman–Crippen LogP) is 7.33. The minimum absolute atomic E-state index is 0.0481. The molecule has 210 valence electrons. The molecule has 2 fully saturated rings. The van der Waals surface area contributed by atoms with Gasteiger partial charge in [0.05, 0.1) is 0 Å². The Balaban J connectivity index is 1.05. The van der Waals surface area contributed by atoms with Gasteiger partial charge in [-0.05, 0) is 50.4 Å². The molecule has 2 aromatic rings. The van der Waals surface area contributed by atoms with Crippen LogP contribution in [0.15, 0.2) is 0 Å². The molecule has 2 N–H and O–H groups in total. The number of anilines is 2. The topological polar surface area (TPSA) is 110 Å². The number of hydrogen-bond donors (Lipinski definition) is 2. The van der Waals surface area contributed by atoms with E-state index in [2.05, 4.69) is 31.0 Å². The van der Waals surface area contributed by atoms with E-state index in [9.17, 15) is 9.59 Å². The first-order valence-corrected chi connectivity index (χ1v) is 16.5. The number of aryl methyl sites for hydroxylation is 2. The van der Waals surface area contributed by atoms with Crippen LogP contribution in [0.5, 0.6) is 0 Å². The van der Waals surface area contributed by atoms with Gasteiger partial charge < -0.3 is 10.6 Å². The molecule has 2 aliphatic rings. The van der Waals surface area contributed by atoms with Gasteiger partial charge in [-0.1, -0.05) is 86.9 Å². The molecule has 0 aliphatic heterocycles. The van der Waals surface area contributed by atoms with Gasteiger partial charge in [-0.3, -0.25) is 9.59 Å². The van der Waals surface area contributed by atoms with Gasteiger partial charge in [0.1, 0.15) is 10.0 Å². The van der Waals surface area contributed by atoms with Crippen LogP contribution >= 0.6 is 22.7 Å². The van der Waals surface area contributed by atoms with Gasteiger partial charge >= 0.3 is 0 Å². The monoisotopic (exact) mass is 560 g/mol. The molecule has 4 rings (SSSR count). The quantitative estimate of drug-likeness (QED) is 0.221. The van der Waals surface area contributed by atoms with Gasteiger partial charge in [-0.15, -0.1) is 20.4 Å². The summed E-state index contributed by atoms with van der Waals surface area (Å²) in [4.78, 5) is 24.5. The number of hydrogen-bond acceptors (Lipinski definition) is 8. The lowest BCUT2D eigenvalue weighted by Crippen LogP contribution is -2.12. The second kappa shape index (κ2) is 16.2. The van der Waals surface area contributed by atoms with Crippen LogP contribution in [0.1, 0.15) is 126 Å². The van der Waals surface area contributed by atoms with Crippen molar-refractivity contribution in [3.8, 4) is 0 Å². The van der Waals surface area contributed by atoms with Gasteiger partial charge in [-0.2, -0.15) is 0 Å². The molecule has 0 atom stereocenters. The second-order valence-corrected chi connectivity index (χ2v) is 13.2. The zero-order valence-corrected chi connectivity index (χ0v) is 24.4. The highest BCUT2D eigenvalue weighted by atomic mass is 32.1. The van der Waals surface area contributed by atoms with E-state index in [0.29, 0.717) is 23.1 Å². The Hall–Kier alpha value is -1.94. The van der Waals surface area contributed by atoms with Crippen molar-refractivity contribution in [1.82, 2.24) is 20.4 Å². The number of carbonyl (C=O) groups excluding carboxylic acids is 2. The van der Waals surface area contributed by atoms with Gasteiger partial charge in [0, 0.05) is 25.7 Å². The van der Waals surface area contributed by atoms with E-state index in [1.807, 2.05) is 0 Å². The average Bonchev–Trinajstić information content (AvgIpc) is 3.57. The SMILES string of the molecule is O=C(CCCC1CCCCC1)Nc1nnc(CCCCc2nnc(NC(=O)CCCC3CCCCC3)s2)s1. The number of unbranched alkanes of at least 4 members (excludes halogenated alkanes) is 1. The average molecular weight is 561 g/mol. The first-order chi connectivity index (χ1) is 18.6. The molecule has 10 heteroatoms. The van der Waals surface area contributed by atoms with Crippen LogP contribution in [-0.4, -0.2) is 32.2 Å². The molecule has 2 saturated carbocycles. The second-order valence-electron chi connectivity index (χ2n) is 11.1. The van der Waals surface area contributed by atoms with Crippen molar-refractivity contribution in [1.29, 1.82) is 0 Å². The van der Waals surface area contributed by atoms with E-state index in [0.717, 1.165) is 73.2 Å². The van der Waals surface area contributed by atoms with E-state index in [1.54, 1.807) is 0 Å². The van der Waals surface area contributed by atoms with E-state index in [4.69, 9.17) is 0 Å². The summed E-state index contributed by atoms with van der Waals surface area (Å²) in [6.07, 6.45) is 22.5. The Kier molecular flexibility index (Phi) is 12.4. The van der Waals surface area contributed by atoms with Crippen molar-refractivity contribution in [2.75, 3.05) is 10.6 Å². The molecule has 38 heavy (non-hydrogen) atoms. The fourth-order valence-corrected chi connectivity index (χ4v) is 7.38. The lowest BCUT2D eigenvalue weighted by Gasteiger charge is -2.20. The lowest BCUT2D eigenvalue weighted by atomic mass is 9.86. The molecular formula is C28H44N6O2S2. The molecule has 0 aromatic carbocycles. The van der Waals surface area contributed by atoms with Crippen LogP contribution in [-0.2, 0) is 22.4 Å². The first kappa shape index (κ1) is 29.1. The first-order valence-electron chi connectivity index (χ1n) is 14.9. The summed E-state index contributed by atoms with van der Waals surface area (Å²) in [5.41, 5.74) is 0. The lowest BCUT2D eigenvalue weighted by molar-refractivity contribution is -0.117. The zero-order chi connectivity index (χ0) is 26.4. The third-order valence-corrected chi connectivity index (χ3v) is 9.74. The summed E-state index contributed by atoms with van der Waals surface area (Å²) in [5.74, 6) is 1.73. The molecule has 0 bridgehead atoms.